The van der Waals surface area contributed by atoms with Crippen LogP contribution in [0.5, 0.6) is 0 Å². The number of nitrogens with zero attached hydrogens (tertiary/aromatic N) is 6. The molecular weight excluding hydrogens is 1150 g/mol. The Morgan fingerprint density at radius 1 is 0.170 bits per heavy atom. The Balaban J connectivity index is 0.618. The first-order valence-electron chi connectivity index (χ1n) is 31.8. The van der Waals surface area contributed by atoms with Crippen molar-refractivity contribution in [3.63, 3.8) is 0 Å². The Kier molecular flexibility index (Phi) is 12.2. The maximum atomic E-state index is 6.28. The van der Waals surface area contributed by atoms with Crippen LogP contribution in [-0.4, -0.2) is 29.9 Å². The van der Waals surface area contributed by atoms with Gasteiger partial charge in [0.25, 0.3) is 0 Å². The molecule has 13 aromatic carbocycles. The number of furan rings is 2. The highest BCUT2D eigenvalue weighted by Crippen LogP contribution is 2.57. The predicted molar refractivity (Wildman–Crippen MR) is 377 cm³/mol. The number of hydrogen-bond acceptors (Lipinski definition) is 8. The Labute approximate surface area is 540 Å². The summed E-state index contributed by atoms with van der Waals surface area (Å²) in [4.78, 5) is 30.8. The summed E-state index contributed by atoms with van der Waals surface area (Å²) in [6.07, 6.45) is 0. The number of rotatable bonds is 10. The summed E-state index contributed by atoms with van der Waals surface area (Å²) < 4.78 is 12.6. The molecule has 3 aliphatic rings. The lowest BCUT2D eigenvalue weighted by atomic mass is 9.60. The van der Waals surface area contributed by atoms with Gasteiger partial charge in [-0.2, -0.15) is 0 Å². The number of para-hydroxylation sites is 2. The molecule has 0 aliphatic heterocycles. The van der Waals surface area contributed by atoms with Gasteiger partial charge in [0.15, 0.2) is 34.9 Å². The average Bonchev–Trinajstić information content (AvgIpc) is 0.923. The van der Waals surface area contributed by atoms with Gasteiger partial charge < -0.3 is 8.83 Å². The van der Waals surface area contributed by atoms with Gasteiger partial charge in [0.1, 0.15) is 22.3 Å². The molecular formula is C86H52N6O2. The van der Waals surface area contributed by atoms with Gasteiger partial charge in [-0.25, -0.2) is 29.9 Å². The second-order valence-corrected chi connectivity index (χ2v) is 24.5. The molecule has 0 amide bonds. The molecule has 0 N–H and O–H groups in total. The van der Waals surface area contributed by atoms with E-state index in [-0.39, 0.29) is 11.8 Å². The quantitative estimate of drug-likeness (QED) is 0.133. The van der Waals surface area contributed by atoms with Crippen LogP contribution in [0.1, 0.15) is 45.2 Å². The lowest BCUT2D eigenvalue weighted by Gasteiger charge is -2.42. The molecule has 8 nitrogen and oxygen atoms in total. The van der Waals surface area contributed by atoms with Gasteiger partial charge in [0.2, 0.25) is 0 Å². The van der Waals surface area contributed by atoms with Crippen molar-refractivity contribution in [1.82, 2.24) is 29.9 Å². The van der Waals surface area contributed by atoms with Crippen LogP contribution in [0.25, 0.3) is 157 Å². The highest BCUT2D eigenvalue weighted by molar-refractivity contribution is 6.07. The maximum absolute atomic E-state index is 6.28. The molecule has 2 bridgehead atoms. The highest BCUT2D eigenvalue weighted by atomic mass is 16.3. The number of benzene rings is 13. The van der Waals surface area contributed by atoms with Crippen LogP contribution in [0.4, 0.5) is 0 Å². The molecule has 2 atom stereocenters. The van der Waals surface area contributed by atoms with Gasteiger partial charge in [-0.3, -0.25) is 0 Å². The van der Waals surface area contributed by atoms with E-state index in [1.807, 2.05) is 97.1 Å². The zero-order valence-electron chi connectivity index (χ0n) is 50.5. The number of fused-ring (bicyclic) bond motifs is 6. The van der Waals surface area contributed by atoms with Crippen molar-refractivity contribution in [2.24, 2.45) is 0 Å². The number of hydrogen-bond donors (Lipinski definition) is 0. The van der Waals surface area contributed by atoms with E-state index in [0.717, 1.165) is 111 Å². The van der Waals surface area contributed by atoms with Crippen LogP contribution in [0.3, 0.4) is 0 Å². The topological polar surface area (TPSA) is 104 Å². The molecule has 0 saturated carbocycles. The maximum Gasteiger partial charge on any atom is 0.164 e. The summed E-state index contributed by atoms with van der Waals surface area (Å²) in [6.45, 7) is 0. The normalized spacial score (nSPS) is 13.7. The highest BCUT2D eigenvalue weighted by Gasteiger charge is 2.41. The Morgan fingerprint density at radius 3 is 0.872 bits per heavy atom. The van der Waals surface area contributed by atoms with E-state index < -0.39 is 0 Å². The van der Waals surface area contributed by atoms with Gasteiger partial charge in [0, 0.05) is 66.8 Å². The van der Waals surface area contributed by atoms with Gasteiger partial charge in [-0.1, -0.05) is 243 Å². The molecule has 20 rings (SSSR count). The molecule has 4 aromatic heterocycles. The predicted octanol–water partition coefficient (Wildman–Crippen LogP) is 21.5. The summed E-state index contributed by atoms with van der Waals surface area (Å²) in [7, 11) is 0. The second-order valence-electron chi connectivity index (χ2n) is 24.5. The van der Waals surface area contributed by atoms with Crippen molar-refractivity contribution in [2.75, 3.05) is 0 Å². The molecule has 2 unspecified atom stereocenters. The van der Waals surface area contributed by atoms with Crippen molar-refractivity contribution in [2.45, 2.75) is 11.8 Å². The van der Waals surface area contributed by atoms with E-state index >= 15 is 0 Å². The van der Waals surface area contributed by atoms with Crippen LogP contribution in [0.2, 0.25) is 0 Å². The molecule has 17 aromatic rings. The van der Waals surface area contributed by atoms with Crippen LogP contribution in [-0.2, 0) is 0 Å². The average molecular weight is 1200 g/mol. The van der Waals surface area contributed by atoms with E-state index in [9.17, 15) is 0 Å². The molecule has 8 heteroatoms. The Hall–Kier alpha value is -12.5. The zero-order valence-corrected chi connectivity index (χ0v) is 50.5. The number of aromatic nitrogens is 6. The van der Waals surface area contributed by atoms with Crippen LogP contribution < -0.4 is 0 Å². The summed E-state index contributed by atoms with van der Waals surface area (Å²) >= 11 is 0. The third-order valence-electron chi connectivity index (χ3n) is 19.0. The fraction of sp³-hybridized carbons (Fsp3) is 0.0233. The monoisotopic (exact) mass is 1200 g/mol. The minimum Gasteiger partial charge on any atom is -0.456 e. The first-order valence-corrected chi connectivity index (χ1v) is 31.8. The molecule has 0 saturated heterocycles. The van der Waals surface area contributed by atoms with Gasteiger partial charge >= 0.3 is 0 Å². The first kappa shape index (κ1) is 53.3. The Bertz CT molecular complexity index is 5520. The Morgan fingerprint density at radius 2 is 0.447 bits per heavy atom. The third-order valence-corrected chi connectivity index (χ3v) is 19.0. The molecule has 4 heterocycles. The molecule has 438 valence electrons. The largest absolute Gasteiger partial charge is 0.456 e. The van der Waals surface area contributed by atoms with Crippen LogP contribution in [0.15, 0.2) is 312 Å². The fourth-order valence-electron chi connectivity index (χ4n) is 14.4. The summed E-state index contributed by atoms with van der Waals surface area (Å²) in [6, 6.07) is 107. The molecule has 0 fully saturated rings. The van der Waals surface area contributed by atoms with Crippen LogP contribution in [0, 0.1) is 0 Å². The second kappa shape index (κ2) is 21.6. The standard InChI is InChI=1S/C86H52N6O2/c1-3-15-53(16-4-1)81-87-83(91-85(89-81)63-21-13-19-57(45-63)61-37-41-67-65-23-9-11-27-75(65)93-77(67)49-61)55-33-29-51(30-34-55)59-39-43-71-73(47-59)79-69-25-7-8-26-70(69)80(71)74-48-60(40-44-72(74)79)52-31-35-56(36-32-52)84-88-82(54-17-5-2-6-18-54)90-86(92-84)64-22-14-20-58(46-64)62-38-42-68-66-24-10-12-28-76(66)94-78(68)50-62/h1-50,79-80H. The van der Waals surface area contributed by atoms with E-state index in [4.69, 9.17) is 38.7 Å². The van der Waals surface area contributed by atoms with Gasteiger partial charge in [0.05, 0.1) is 0 Å². The van der Waals surface area contributed by atoms with E-state index in [2.05, 4.69) is 206 Å². The first-order chi connectivity index (χ1) is 46.5. The van der Waals surface area contributed by atoms with Crippen molar-refractivity contribution in [3.05, 3.63) is 337 Å². The molecule has 0 spiro atoms. The molecule has 3 aliphatic carbocycles. The third kappa shape index (κ3) is 9.06. The smallest absolute Gasteiger partial charge is 0.164 e. The van der Waals surface area contributed by atoms with Crippen molar-refractivity contribution < 1.29 is 8.83 Å². The fourth-order valence-corrected chi connectivity index (χ4v) is 14.4. The lowest BCUT2D eigenvalue weighted by molar-refractivity contribution is 0.668. The van der Waals surface area contributed by atoms with Crippen molar-refractivity contribution >= 4 is 43.9 Å². The van der Waals surface area contributed by atoms with E-state index in [1.165, 1.54) is 44.5 Å². The van der Waals surface area contributed by atoms with Crippen molar-refractivity contribution in [1.29, 1.82) is 0 Å². The SMILES string of the molecule is c1ccc(-c2nc(-c3ccc(-c4ccc5c(c4)C4c6ccccc6C5c5cc(-c6ccc(-c7nc(-c8ccccc8)nc(-c8cccc(-c9ccc%10c(c9)oc9ccccc9%10)c8)n7)cc6)ccc54)cc3)nc(-c3cccc(-c4ccc5c(c4)oc4ccccc45)c3)n2)cc1. The van der Waals surface area contributed by atoms with E-state index in [1.54, 1.807) is 0 Å². The summed E-state index contributed by atoms with van der Waals surface area (Å²) in [5.41, 5.74) is 25.9. The van der Waals surface area contributed by atoms with Crippen LogP contribution >= 0.6 is 0 Å². The van der Waals surface area contributed by atoms with Gasteiger partial charge in [-0.05, 0) is 139 Å². The molecule has 0 radical (unpaired) electrons. The zero-order chi connectivity index (χ0) is 61.8. The summed E-state index contributed by atoms with van der Waals surface area (Å²) in [5.74, 6) is 3.84. The summed E-state index contributed by atoms with van der Waals surface area (Å²) in [5, 5.41) is 4.42. The van der Waals surface area contributed by atoms with Crippen molar-refractivity contribution in [3.8, 4) is 113 Å². The van der Waals surface area contributed by atoms with Gasteiger partial charge in [-0.15, -0.1) is 0 Å². The van der Waals surface area contributed by atoms with E-state index in [0.29, 0.717) is 34.9 Å². The molecule has 94 heavy (non-hydrogen) atoms. The minimum atomic E-state index is 0.0892. The minimum absolute atomic E-state index is 0.0892. The lowest BCUT2D eigenvalue weighted by Crippen LogP contribution is -2.27.